The van der Waals surface area contributed by atoms with Crippen LogP contribution in [0.2, 0.25) is 0 Å². The van der Waals surface area contributed by atoms with Crippen molar-refractivity contribution in [2.45, 2.75) is 13.3 Å². The van der Waals surface area contributed by atoms with E-state index in [0.29, 0.717) is 0 Å². The number of hydrogen-bond acceptors (Lipinski definition) is 0. The maximum Gasteiger partial charge on any atom is 0.00613 e. The first kappa shape index (κ1) is 5.04. The Hall–Kier alpha value is -0.780. The van der Waals surface area contributed by atoms with Crippen molar-refractivity contribution in [1.82, 2.24) is 0 Å². The molecule has 9 heavy (non-hydrogen) atoms. The second-order valence-corrected chi connectivity index (χ2v) is 2.67. The van der Waals surface area contributed by atoms with Crippen LogP contribution in [0.5, 0.6) is 0 Å². The molecule has 0 bridgehead atoms. The van der Waals surface area contributed by atoms with Crippen molar-refractivity contribution in [3.05, 3.63) is 35.5 Å². The van der Waals surface area contributed by atoms with Gasteiger partial charge in [-0.15, -0.1) is 0 Å². The van der Waals surface area contributed by atoms with Gasteiger partial charge in [0.05, 0.1) is 0 Å². The molecule has 0 heterocycles. The molecule has 46 valence electrons. The van der Waals surface area contributed by atoms with E-state index in [1.165, 1.54) is 12.0 Å². The average molecular weight is 118 g/mol. The Bertz CT molecular complexity index is 216. The smallest absolute Gasteiger partial charge is 0.00613 e. The Morgan fingerprint density at radius 3 is 3.11 bits per heavy atom. The molecule has 1 atom stereocenters. The van der Waals surface area contributed by atoms with Gasteiger partial charge in [0, 0.05) is 5.92 Å². The Morgan fingerprint density at radius 1 is 1.56 bits per heavy atom. The molecule has 2 aliphatic carbocycles. The minimum Gasteiger partial charge on any atom is -0.0844 e. The van der Waals surface area contributed by atoms with Gasteiger partial charge in [-0.05, 0) is 18.9 Å². The number of rotatable bonds is 0. The van der Waals surface area contributed by atoms with Gasteiger partial charge in [0.15, 0.2) is 0 Å². The summed E-state index contributed by atoms with van der Waals surface area (Å²) in [5.74, 6) is 0.821. The lowest BCUT2D eigenvalue weighted by Crippen LogP contribution is -1.88. The van der Waals surface area contributed by atoms with Crippen molar-refractivity contribution in [1.29, 1.82) is 0 Å². The van der Waals surface area contributed by atoms with E-state index in [0.717, 1.165) is 5.92 Å². The highest BCUT2D eigenvalue weighted by atomic mass is 14.3. The van der Waals surface area contributed by atoms with Crippen LogP contribution in [0.3, 0.4) is 0 Å². The highest BCUT2D eigenvalue weighted by molar-refractivity contribution is 5.47. The molecule has 0 fully saturated rings. The normalized spacial score (nSPS) is 34.1. The molecule has 2 aliphatic rings. The molecule has 0 N–H and O–H groups in total. The molecule has 0 aromatic carbocycles. The van der Waals surface area contributed by atoms with E-state index >= 15 is 0 Å². The monoisotopic (exact) mass is 118 g/mol. The van der Waals surface area contributed by atoms with Crippen LogP contribution in [0.4, 0.5) is 0 Å². The molecule has 0 aromatic rings. The van der Waals surface area contributed by atoms with Crippen molar-refractivity contribution in [2.24, 2.45) is 5.92 Å². The van der Waals surface area contributed by atoms with Crippen molar-refractivity contribution in [3.63, 3.8) is 0 Å². The summed E-state index contributed by atoms with van der Waals surface area (Å²) in [5.41, 5.74) is 3.03. The summed E-state index contributed by atoms with van der Waals surface area (Å²) in [5, 5.41) is 0. The van der Waals surface area contributed by atoms with Gasteiger partial charge in [-0.3, -0.25) is 0 Å². The molecule has 0 amide bonds. The molecule has 0 aromatic heterocycles. The van der Waals surface area contributed by atoms with Crippen LogP contribution < -0.4 is 0 Å². The molecule has 1 unspecified atom stereocenters. The van der Waals surface area contributed by atoms with Gasteiger partial charge in [0.2, 0.25) is 0 Å². The first-order valence-corrected chi connectivity index (χ1v) is 3.45. The number of hydrogen-bond donors (Lipinski definition) is 0. The molecule has 0 saturated carbocycles. The van der Waals surface area contributed by atoms with Gasteiger partial charge >= 0.3 is 0 Å². The van der Waals surface area contributed by atoms with Crippen LogP contribution in [-0.2, 0) is 0 Å². The molecule has 0 nitrogen and oxygen atoms in total. The molecule has 0 aliphatic heterocycles. The van der Waals surface area contributed by atoms with Crippen LogP contribution in [0.25, 0.3) is 0 Å². The van der Waals surface area contributed by atoms with E-state index in [-0.39, 0.29) is 0 Å². The molecule has 0 spiro atoms. The summed E-state index contributed by atoms with van der Waals surface area (Å²) in [4.78, 5) is 0. The second-order valence-electron chi connectivity index (χ2n) is 2.67. The van der Waals surface area contributed by atoms with Crippen molar-refractivity contribution in [2.75, 3.05) is 0 Å². The van der Waals surface area contributed by atoms with Crippen molar-refractivity contribution in [3.8, 4) is 0 Å². The van der Waals surface area contributed by atoms with Crippen LogP contribution >= 0.6 is 0 Å². The summed E-state index contributed by atoms with van der Waals surface area (Å²) in [7, 11) is 0. The highest BCUT2D eigenvalue weighted by Gasteiger charge is 2.25. The van der Waals surface area contributed by atoms with Gasteiger partial charge < -0.3 is 0 Å². The SMILES string of the molecule is C/C=C1/C=CC2=CC2C1. The zero-order valence-corrected chi connectivity index (χ0v) is 5.59. The zero-order valence-electron chi connectivity index (χ0n) is 5.59. The third kappa shape index (κ3) is 0.748. The quantitative estimate of drug-likeness (QED) is 0.458. The van der Waals surface area contributed by atoms with E-state index in [2.05, 4.69) is 31.2 Å². The van der Waals surface area contributed by atoms with E-state index in [4.69, 9.17) is 0 Å². The van der Waals surface area contributed by atoms with Crippen molar-refractivity contribution < 1.29 is 0 Å². The predicted molar refractivity (Wildman–Crippen MR) is 39.1 cm³/mol. The van der Waals surface area contributed by atoms with Gasteiger partial charge in [-0.1, -0.05) is 29.9 Å². The van der Waals surface area contributed by atoms with E-state index in [9.17, 15) is 0 Å². The molecular formula is C9H10. The number of fused-ring (bicyclic) bond motifs is 1. The lowest BCUT2D eigenvalue weighted by molar-refractivity contribution is 0.871. The third-order valence-corrected chi connectivity index (χ3v) is 2.03. The summed E-state index contributed by atoms with van der Waals surface area (Å²) >= 11 is 0. The maximum atomic E-state index is 2.33. The van der Waals surface area contributed by atoms with E-state index in [1.807, 2.05) is 0 Å². The van der Waals surface area contributed by atoms with Crippen LogP contribution in [-0.4, -0.2) is 0 Å². The highest BCUT2D eigenvalue weighted by Crippen LogP contribution is 2.39. The second kappa shape index (κ2) is 1.60. The summed E-state index contributed by atoms with van der Waals surface area (Å²) < 4.78 is 0. The van der Waals surface area contributed by atoms with Crippen LogP contribution in [0.1, 0.15) is 13.3 Å². The molecule has 2 rings (SSSR count). The lowest BCUT2D eigenvalue weighted by atomic mass is 10.0. The Kier molecular flexibility index (Phi) is 0.895. The summed E-state index contributed by atoms with van der Waals surface area (Å²) in [6, 6.07) is 0. The van der Waals surface area contributed by atoms with Crippen LogP contribution in [0, 0.1) is 5.92 Å². The van der Waals surface area contributed by atoms with Gasteiger partial charge in [-0.2, -0.15) is 0 Å². The standard InChI is InChI=1S/C9H10/c1-2-7-3-4-8-6-9(8)5-7/h2-4,6,9H,5H2,1H3/b7-2-. The predicted octanol–water partition coefficient (Wildman–Crippen LogP) is 2.45. The fraction of sp³-hybridized carbons (Fsp3) is 0.333. The maximum absolute atomic E-state index is 2.33. The first-order valence-electron chi connectivity index (χ1n) is 3.45. The number of allylic oxidation sites excluding steroid dienone is 6. The molecule has 0 heteroatoms. The van der Waals surface area contributed by atoms with Gasteiger partial charge in [0.1, 0.15) is 0 Å². The summed E-state index contributed by atoms with van der Waals surface area (Å²) in [6.45, 7) is 2.10. The van der Waals surface area contributed by atoms with Crippen molar-refractivity contribution >= 4 is 0 Å². The third-order valence-electron chi connectivity index (χ3n) is 2.03. The minimum absolute atomic E-state index is 0.821. The molecule has 0 radical (unpaired) electrons. The average Bonchev–Trinajstić information content (AvgIpc) is 2.64. The topological polar surface area (TPSA) is 0 Å². The van der Waals surface area contributed by atoms with Crippen LogP contribution in [0.15, 0.2) is 35.5 Å². The fourth-order valence-electron chi connectivity index (χ4n) is 1.28. The molecular weight excluding hydrogens is 108 g/mol. The van der Waals surface area contributed by atoms with E-state index in [1.54, 1.807) is 5.57 Å². The molecule has 0 saturated heterocycles. The Labute approximate surface area is 55.6 Å². The Morgan fingerprint density at radius 2 is 2.44 bits per heavy atom. The fourth-order valence-corrected chi connectivity index (χ4v) is 1.28. The lowest BCUT2D eigenvalue weighted by Gasteiger charge is -2.04. The summed E-state index contributed by atoms with van der Waals surface area (Å²) in [6.07, 6.45) is 10.2. The van der Waals surface area contributed by atoms with Gasteiger partial charge in [-0.25, -0.2) is 0 Å². The largest absolute Gasteiger partial charge is 0.0844 e. The zero-order chi connectivity index (χ0) is 6.27. The van der Waals surface area contributed by atoms with Gasteiger partial charge in [0.25, 0.3) is 0 Å². The first-order chi connectivity index (χ1) is 4.40. The Balaban J connectivity index is 2.21. The minimum atomic E-state index is 0.821. The van der Waals surface area contributed by atoms with E-state index < -0.39 is 0 Å².